The number of nitrogens with zero attached hydrogens (tertiary/aromatic N) is 1. The van der Waals surface area contributed by atoms with Crippen LogP contribution in [-0.4, -0.2) is 31.4 Å². The molecule has 0 atom stereocenters. The molecule has 0 saturated carbocycles. The van der Waals surface area contributed by atoms with Gasteiger partial charge < -0.3 is 9.73 Å². The highest BCUT2D eigenvalue weighted by molar-refractivity contribution is 7.89. The maximum absolute atomic E-state index is 12.5. The Morgan fingerprint density at radius 2 is 2.00 bits per heavy atom. The van der Waals surface area contributed by atoms with Gasteiger partial charge in [-0.3, -0.25) is 0 Å². The van der Waals surface area contributed by atoms with Crippen LogP contribution in [0.1, 0.15) is 46.8 Å². The van der Waals surface area contributed by atoms with Crippen LogP contribution in [0.15, 0.2) is 21.6 Å². The van der Waals surface area contributed by atoms with E-state index in [0.29, 0.717) is 25.4 Å². The van der Waals surface area contributed by atoms with Gasteiger partial charge in [0, 0.05) is 18.6 Å². The monoisotopic (exact) mass is 314 g/mol. The topological polar surface area (TPSA) is 62.6 Å². The van der Waals surface area contributed by atoms with Crippen molar-refractivity contribution in [2.75, 3.05) is 13.1 Å². The minimum absolute atomic E-state index is 0.0369. The van der Waals surface area contributed by atoms with Gasteiger partial charge in [0.05, 0.1) is 6.54 Å². The SMILES string of the molecule is CC1(C)CCN(S(=O)(=O)c2ccc(CNC(C)(C)C)o2)C1. The number of sulfonamides is 1. The van der Waals surface area contributed by atoms with Gasteiger partial charge in [0.1, 0.15) is 5.76 Å². The van der Waals surface area contributed by atoms with Gasteiger partial charge in [-0.25, -0.2) is 8.42 Å². The number of rotatable bonds is 4. The quantitative estimate of drug-likeness (QED) is 0.928. The Morgan fingerprint density at radius 1 is 1.33 bits per heavy atom. The smallest absolute Gasteiger partial charge is 0.276 e. The summed E-state index contributed by atoms with van der Waals surface area (Å²) in [5, 5.41) is 3.33. The molecule has 0 unspecified atom stereocenters. The van der Waals surface area contributed by atoms with Crippen LogP contribution in [0.2, 0.25) is 0 Å². The molecule has 1 aromatic rings. The third kappa shape index (κ3) is 4.08. The minimum atomic E-state index is -3.50. The lowest BCUT2D eigenvalue weighted by molar-refractivity contribution is 0.343. The lowest BCUT2D eigenvalue weighted by atomic mass is 9.93. The highest BCUT2D eigenvalue weighted by Gasteiger charge is 2.38. The molecule has 0 bridgehead atoms. The van der Waals surface area contributed by atoms with Gasteiger partial charge >= 0.3 is 0 Å². The van der Waals surface area contributed by atoms with Crippen molar-refractivity contribution in [3.63, 3.8) is 0 Å². The predicted octanol–water partition coefficient (Wildman–Crippen LogP) is 2.59. The first kappa shape index (κ1) is 16.5. The van der Waals surface area contributed by atoms with Gasteiger partial charge in [0.2, 0.25) is 5.09 Å². The van der Waals surface area contributed by atoms with Gasteiger partial charge in [-0.1, -0.05) is 13.8 Å². The Morgan fingerprint density at radius 3 is 2.52 bits per heavy atom. The first-order valence-corrected chi connectivity index (χ1v) is 8.78. The van der Waals surface area contributed by atoms with Crippen molar-refractivity contribution >= 4 is 10.0 Å². The number of furan rings is 1. The molecule has 5 nitrogen and oxygen atoms in total. The fourth-order valence-corrected chi connectivity index (χ4v) is 3.90. The molecule has 0 radical (unpaired) electrons. The van der Waals surface area contributed by atoms with Crippen LogP contribution < -0.4 is 5.32 Å². The van der Waals surface area contributed by atoms with Crippen LogP contribution in [0.3, 0.4) is 0 Å². The number of nitrogens with one attached hydrogen (secondary N) is 1. The second kappa shape index (κ2) is 5.41. The summed E-state index contributed by atoms with van der Waals surface area (Å²) in [6.07, 6.45) is 0.880. The second-order valence-electron chi connectivity index (χ2n) is 7.58. The second-order valence-corrected chi connectivity index (χ2v) is 9.45. The number of hydrogen-bond donors (Lipinski definition) is 1. The summed E-state index contributed by atoms with van der Waals surface area (Å²) in [4.78, 5) is 0. The molecule has 1 aliphatic rings. The summed E-state index contributed by atoms with van der Waals surface area (Å²) < 4.78 is 32.1. The zero-order chi connectivity index (χ0) is 15.9. The average molecular weight is 314 g/mol. The van der Waals surface area contributed by atoms with Gasteiger partial charge in [-0.2, -0.15) is 4.31 Å². The summed E-state index contributed by atoms with van der Waals surface area (Å²) >= 11 is 0. The summed E-state index contributed by atoms with van der Waals surface area (Å²) in [5.74, 6) is 0.641. The van der Waals surface area contributed by atoms with Crippen molar-refractivity contribution in [2.24, 2.45) is 5.41 Å². The van der Waals surface area contributed by atoms with Crippen LogP contribution in [0.4, 0.5) is 0 Å². The van der Waals surface area contributed by atoms with E-state index >= 15 is 0 Å². The Kier molecular flexibility index (Phi) is 4.26. The summed E-state index contributed by atoms with van der Waals surface area (Å²) in [6, 6.07) is 3.28. The first-order valence-electron chi connectivity index (χ1n) is 7.34. The van der Waals surface area contributed by atoms with Crippen LogP contribution >= 0.6 is 0 Å². The molecule has 1 N–H and O–H groups in total. The van der Waals surface area contributed by atoms with E-state index in [1.54, 1.807) is 12.1 Å². The van der Waals surface area contributed by atoms with Gasteiger partial charge in [0.25, 0.3) is 10.0 Å². The molecule has 0 aromatic carbocycles. The molecule has 1 aliphatic heterocycles. The van der Waals surface area contributed by atoms with Crippen molar-refractivity contribution in [3.05, 3.63) is 17.9 Å². The Balaban J connectivity index is 2.10. The molecular weight excluding hydrogens is 288 g/mol. The molecule has 1 saturated heterocycles. The van der Waals surface area contributed by atoms with Crippen molar-refractivity contribution in [1.29, 1.82) is 0 Å². The fourth-order valence-electron chi connectivity index (χ4n) is 2.34. The number of hydrogen-bond acceptors (Lipinski definition) is 4. The van der Waals surface area contributed by atoms with Crippen LogP contribution in [-0.2, 0) is 16.6 Å². The maximum atomic E-state index is 12.5. The molecular formula is C15H26N2O3S. The van der Waals surface area contributed by atoms with E-state index in [-0.39, 0.29) is 16.0 Å². The molecule has 2 heterocycles. The molecule has 120 valence electrons. The van der Waals surface area contributed by atoms with Crippen LogP contribution in [0.25, 0.3) is 0 Å². The van der Waals surface area contributed by atoms with Crippen molar-refractivity contribution < 1.29 is 12.8 Å². The van der Waals surface area contributed by atoms with Crippen molar-refractivity contribution in [1.82, 2.24) is 9.62 Å². The minimum Gasteiger partial charge on any atom is -0.447 e. The predicted molar refractivity (Wildman–Crippen MR) is 82.5 cm³/mol. The molecule has 6 heteroatoms. The van der Waals surface area contributed by atoms with Gasteiger partial charge in [-0.05, 0) is 44.7 Å². The van der Waals surface area contributed by atoms with Crippen molar-refractivity contribution in [2.45, 2.75) is 58.2 Å². The van der Waals surface area contributed by atoms with E-state index in [1.807, 2.05) is 0 Å². The average Bonchev–Trinajstić information content (AvgIpc) is 2.92. The highest BCUT2D eigenvalue weighted by Crippen LogP contribution is 2.33. The Bertz CT molecular complexity index is 597. The molecule has 21 heavy (non-hydrogen) atoms. The summed E-state index contributed by atoms with van der Waals surface area (Å²) in [7, 11) is -3.50. The third-order valence-corrected chi connectivity index (χ3v) is 5.39. The molecule has 0 amide bonds. The molecule has 2 rings (SSSR count). The largest absolute Gasteiger partial charge is 0.447 e. The Labute approximate surface area is 127 Å². The molecule has 0 spiro atoms. The van der Waals surface area contributed by atoms with E-state index in [1.165, 1.54) is 4.31 Å². The fraction of sp³-hybridized carbons (Fsp3) is 0.733. The molecule has 1 fully saturated rings. The van der Waals surface area contributed by atoms with E-state index in [9.17, 15) is 8.42 Å². The third-order valence-electron chi connectivity index (χ3n) is 3.67. The van der Waals surface area contributed by atoms with E-state index in [0.717, 1.165) is 6.42 Å². The van der Waals surface area contributed by atoms with Gasteiger partial charge in [-0.15, -0.1) is 0 Å². The molecule has 1 aromatic heterocycles. The van der Waals surface area contributed by atoms with Gasteiger partial charge in [0.15, 0.2) is 0 Å². The first-order chi connectivity index (χ1) is 9.50. The highest BCUT2D eigenvalue weighted by atomic mass is 32.2. The van der Waals surface area contributed by atoms with E-state index in [2.05, 4.69) is 39.9 Å². The lowest BCUT2D eigenvalue weighted by Gasteiger charge is -2.19. The van der Waals surface area contributed by atoms with E-state index in [4.69, 9.17) is 4.42 Å². The Hall–Kier alpha value is -0.850. The zero-order valence-electron chi connectivity index (χ0n) is 13.6. The van der Waals surface area contributed by atoms with Crippen LogP contribution in [0.5, 0.6) is 0 Å². The standard InChI is InChI=1S/C15H26N2O3S/c1-14(2,3)16-10-12-6-7-13(20-12)21(18,19)17-9-8-15(4,5)11-17/h6-7,16H,8-11H2,1-5H3. The van der Waals surface area contributed by atoms with Crippen LogP contribution in [0, 0.1) is 5.41 Å². The zero-order valence-corrected chi connectivity index (χ0v) is 14.4. The van der Waals surface area contributed by atoms with Crippen molar-refractivity contribution in [3.8, 4) is 0 Å². The normalized spacial score (nSPS) is 20.0. The summed E-state index contributed by atoms with van der Waals surface area (Å²) in [6.45, 7) is 12.0. The molecule has 0 aliphatic carbocycles. The van der Waals surface area contributed by atoms with E-state index < -0.39 is 10.0 Å². The maximum Gasteiger partial charge on any atom is 0.276 e. The lowest BCUT2D eigenvalue weighted by Crippen LogP contribution is -2.34. The summed E-state index contributed by atoms with van der Waals surface area (Å²) in [5.41, 5.74) is 0.00108.